The molecule has 1 aromatic rings. The smallest absolute Gasteiger partial charge is 0.282 e. The molecule has 1 heterocycles. The van der Waals surface area contributed by atoms with Crippen molar-refractivity contribution in [2.24, 2.45) is 11.7 Å². The highest BCUT2D eigenvalue weighted by molar-refractivity contribution is 6.35. The van der Waals surface area contributed by atoms with Crippen molar-refractivity contribution in [1.29, 1.82) is 0 Å². The molecule has 1 aliphatic rings. The van der Waals surface area contributed by atoms with Gasteiger partial charge in [0.1, 0.15) is 0 Å². The third-order valence-corrected chi connectivity index (χ3v) is 4.72. The van der Waals surface area contributed by atoms with E-state index < -0.39 is 0 Å². The van der Waals surface area contributed by atoms with Gasteiger partial charge in [0.05, 0.1) is 29.7 Å². The first kappa shape index (κ1) is 17.1. The van der Waals surface area contributed by atoms with Gasteiger partial charge in [0.15, 0.2) is 6.04 Å². The molecule has 120 valence electrons. The van der Waals surface area contributed by atoms with E-state index in [9.17, 15) is 9.59 Å². The number of amides is 2. The quantitative estimate of drug-likeness (QED) is 0.764. The lowest BCUT2D eigenvalue weighted by atomic mass is 9.96. The third kappa shape index (κ3) is 4.12. The summed E-state index contributed by atoms with van der Waals surface area (Å²) in [6.07, 6.45) is 1.69. The van der Waals surface area contributed by atoms with Crippen LogP contribution in [0.15, 0.2) is 18.2 Å². The van der Waals surface area contributed by atoms with E-state index in [-0.39, 0.29) is 23.8 Å². The minimum atomic E-state index is -0.294. The van der Waals surface area contributed by atoms with Crippen molar-refractivity contribution in [2.75, 3.05) is 18.4 Å². The largest absolute Gasteiger partial charge is 0.369 e. The van der Waals surface area contributed by atoms with Gasteiger partial charge >= 0.3 is 0 Å². The predicted molar refractivity (Wildman–Crippen MR) is 87.2 cm³/mol. The Balaban J connectivity index is 2.02. The normalized spacial score (nSPS) is 22.9. The van der Waals surface area contributed by atoms with Gasteiger partial charge in [-0.15, -0.1) is 0 Å². The molecular formula is C15H20Cl2N3O2+. The molecule has 2 amide bonds. The summed E-state index contributed by atoms with van der Waals surface area (Å²) in [4.78, 5) is 24.8. The lowest BCUT2D eigenvalue weighted by Gasteiger charge is -2.32. The van der Waals surface area contributed by atoms with Crippen molar-refractivity contribution >= 4 is 40.7 Å². The number of rotatable bonds is 4. The van der Waals surface area contributed by atoms with Gasteiger partial charge in [0.25, 0.3) is 5.91 Å². The van der Waals surface area contributed by atoms with Gasteiger partial charge in [0.2, 0.25) is 5.91 Å². The molecule has 3 atom stereocenters. The van der Waals surface area contributed by atoms with E-state index in [1.54, 1.807) is 18.2 Å². The summed E-state index contributed by atoms with van der Waals surface area (Å²) in [5, 5.41) is 3.74. The SMILES string of the molecule is C[C@H](C(=O)Nc1cc(Cl)ccc1Cl)[NH+]1CCC[C@H](C(N)=O)C1. The zero-order chi connectivity index (χ0) is 16.3. The maximum Gasteiger partial charge on any atom is 0.282 e. The molecule has 0 bridgehead atoms. The Bertz CT molecular complexity index is 580. The first-order valence-corrected chi connectivity index (χ1v) is 8.04. The fraction of sp³-hybridized carbons (Fsp3) is 0.467. The lowest BCUT2D eigenvalue weighted by Crippen LogP contribution is -3.18. The number of nitrogens with one attached hydrogen (secondary N) is 2. The monoisotopic (exact) mass is 344 g/mol. The molecule has 0 spiro atoms. The van der Waals surface area contributed by atoms with Crippen LogP contribution in [0.4, 0.5) is 5.69 Å². The van der Waals surface area contributed by atoms with Gasteiger partial charge in [-0.25, -0.2) is 0 Å². The molecule has 0 saturated carbocycles. The molecule has 4 N–H and O–H groups in total. The summed E-state index contributed by atoms with van der Waals surface area (Å²) in [6.45, 7) is 3.28. The maximum atomic E-state index is 12.4. The Hall–Kier alpha value is -1.30. The maximum absolute atomic E-state index is 12.4. The van der Waals surface area contributed by atoms with E-state index >= 15 is 0 Å². The Morgan fingerprint density at radius 1 is 1.41 bits per heavy atom. The number of anilines is 1. The number of hydrogen-bond acceptors (Lipinski definition) is 2. The molecule has 1 saturated heterocycles. The molecule has 0 radical (unpaired) electrons. The number of carbonyl (C=O) groups excluding carboxylic acids is 2. The Labute approximate surface area is 139 Å². The van der Waals surface area contributed by atoms with E-state index in [0.717, 1.165) is 24.3 Å². The van der Waals surface area contributed by atoms with Gasteiger partial charge in [-0.1, -0.05) is 23.2 Å². The number of quaternary nitrogens is 1. The van der Waals surface area contributed by atoms with Crippen molar-refractivity contribution in [3.05, 3.63) is 28.2 Å². The van der Waals surface area contributed by atoms with Crippen LogP contribution in [-0.2, 0) is 9.59 Å². The second-order valence-corrected chi connectivity index (χ2v) is 6.53. The van der Waals surface area contributed by atoms with Crippen LogP contribution < -0.4 is 16.0 Å². The summed E-state index contributed by atoms with van der Waals surface area (Å²) in [5.74, 6) is -0.597. The molecule has 1 fully saturated rings. The van der Waals surface area contributed by atoms with E-state index in [1.165, 1.54) is 0 Å². The van der Waals surface area contributed by atoms with Crippen molar-refractivity contribution < 1.29 is 14.5 Å². The van der Waals surface area contributed by atoms with E-state index in [0.29, 0.717) is 22.3 Å². The number of piperidine rings is 1. The number of primary amides is 1. The lowest BCUT2D eigenvalue weighted by molar-refractivity contribution is -0.921. The minimum absolute atomic E-state index is 0.149. The Kier molecular flexibility index (Phi) is 5.67. The molecule has 7 heteroatoms. The summed E-state index contributed by atoms with van der Waals surface area (Å²) in [6, 6.07) is 4.63. The topological polar surface area (TPSA) is 76.6 Å². The molecule has 0 aliphatic carbocycles. The van der Waals surface area contributed by atoms with E-state index in [4.69, 9.17) is 28.9 Å². The Morgan fingerprint density at radius 2 is 2.14 bits per heavy atom. The molecule has 1 aromatic carbocycles. The molecule has 22 heavy (non-hydrogen) atoms. The van der Waals surface area contributed by atoms with Crippen molar-refractivity contribution in [3.8, 4) is 0 Å². The summed E-state index contributed by atoms with van der Waals surface area (Å²) in [7, 11) is 0. The number of carbonyl (C=O) groups is 2. The van der Waals surface area contributed by atoms with Gasteiger partial charge in [-0.2, -0.15) is 0 Å². The summed E-state index contributed by atoms with van der Waals surface area (Å²) < 4.78 is 0. The van der Waals surface area contributed by atoms with Crippen LogP contribution in [0.1, 0.15) is 19.8 Å². The second kappa shape index (κ2) is 7.31. The van der Waals surface area contributed by atoms with Gasteiger partial charge in [-0.05, 0) is 38.0 Å². The fourth-order valence-electron chi connectivity index (χ4n) is 2.75. The zero-order valence-electron chi connectivity index (χ0n) is 12.4. The molecule has 5 nitrogen and oxygen atoms in total. The Morgan fingerprint density at radius 3 is 2.82 bits per heavy atom. The highest BCUT2D eigenvalue weighted by atomic mass is 35.5. The highest BCUT2D eigenvalue weighted by Crippen LogP contribution is 2.25. The third-order valence-electron chi connectivity index (χ3n) is 4.15. The summed E-state index contributed by atoms with van der Waals surface area (Å²) in [5.41, 5.74) is 5.88. The predicted octanol–water partition coefficient (Wildman–Crippen LogP) is 1.10. The number of nitrogens with two attached hydrogens (primary N) is 1. The standard InChI is InChI=1S/C15H19Cl2N3O2/c1-9(20-6-2-3-10(8-20)14(18)21)15(22)19-13-7-11(16)4-5-12(13)17/h4-5,7,9-10H,2-3,6,8H2,1H3,(H2,18,21)(H,19,22)/p+1/t9-,10+/m1/s1. The second-order valence-electron chi connectivity index (χ2n) is 5.69. The molecule has 0 aromatic heterocycles. The zero-order valence-corrected chi connectivity index (χ0v) is 13.9. The number of likely N-dealkylation sites (tertiary alicyclic amines) is 1. The molecule has 2 rings (SSSR count). The number of halogens is 2. The average Bonchev–Trinajstić information content (AvgIpc) is 2.50. The van der Waals surface area contributed by atoms with Crippen molar-refractivity contribution in [3.63, 3.8) is 0 Å². The van der Waals surface area contributed by atoms with E-state index in [1.807, 2.05) is 6.92 Å². The average molecular weight is 345 g/mol. The van der Waals surface area contributed by atoms with Gasteiger partial charge < -0.3 is 16.0 Å². The molecular weight excluding hydrogens is 325 g/mol. The number of hydrogen-bond donors (Lipinski definition) is 3. The minimum Gasteiger partial charge on any atom is -0.369 e. The molecule has 1 aliphatic heterocycles. The van der Waals surface area contributed by atoms with Gasteiger partial charge in [-0.3, -0.25) is 9.59 Å². The van der Waals surface area contributed by atoms with Crippen LogP contribution in [0.25, 0.3) is 0 Å². The van der Waals surface area contributed by atoms with Gasteiger partial charge in [0, 0.05) is 5.02 Å². The summed E-state index contributed by atoms with van der Waals surface area (Å²) >= 11 is 12.0. The van der Waals surface area contributed by atoms with Crippen LogP contribution in [0, 0.1) is 5.92 Å². The van der Waals surface area contributed by atoms with Crippen molar-refractivity contribution in [2.45, 2.75) is 25.8 Å². The molecule has 1 unspecified atom stereocenters. The first-order chi connectivity index (χ1) is 10.4. The highest BCUT2D eigenvalue weighted by Gasteiger charge is 2.33. The van der Waals surface area contributed by atoms with Crippen molar-refractivity contribution in [1.82, 2.24) is 0 Å². The fourth-order valence-corrected chi connectivity index (χ4v) is 3.09. The van der Waals surface area contributed by atoms with Crippen LogP contribution >= 0.6 is 23.2 Å². The van der Waals surface area contributed by atoms with Crippen LogP contribution in [0.2, 0.25) is 10.0 Å². The van der Waals surface area contributed by atoms with Crippen LogP contribution in [-0.4, -0.2) is 30.9 Å². The number of benzene rings is 1. The first-order valence-electron chi connectivity index (χ1n) is 7.28. The van der Waals surface area contributed by atoms with E-state index in [2.05, 4.69) is 5.32 Å². The van der Waals surface area contributed by atoms with Crippen LogP contribution in [0.5, 0.6) is 0 Å². The van der Waals surface area contributed by atoms with Crippen LogP contribution in [0.3, 0.4) is 0 Å².